The van der Waals surface area contributed by atoms with Gasteiger partial charge < -0.3 is 15.2 Å². The second-order valence-corrected chi connectivity index (χ2v) is 4.27. The van der Waals surface area contributed by atoms with Gasteiger partial charge in [0.15, 0.2) is 0 Å². The number of nitrogens with one attached hydrogen (secondary N) is 1. The SMILES string of the molecule is COC(CNC(=O)/C=C/c1ccc(C#N)cc1)CC(=O)O. The second-order valence-electron chi connectivity index (χ2n) is 4.27. The van der Waals surface area contributed by atoms with E-state index in [0.29, 0.717) is 5.56 Å². The van der Waals surface area contributed by atoms with E-state index in [0.717, 1.165) is 5.56 Å². The number of carbonyl (C=O) groups excluding carboxylic acids is 1. The summed E-state index contributed by atoms with van der Waals surface area (Å²) in [4.78, 5) is 22.1. The van der Waals surface area contributed by atoms with Crippen molar-refractivity contribution in [3.8, 4) is 6.07 Å². The molecule has 6 nitrogen and oxygen atoms in total. The molecule has 0 aliphatic rings. The van der Waals surface area contributed by atoms with Gasteiger partial charge in [0.2, 0.25) is 5.91 Å². The first-order chi connectivity index (χ1) is 10.0. The van der Waals surface area contributed by atoms with E-state index in [1.54, 1.807) is 30.3 Å². The first kappa shape index (κ1) is 16.4. The molecular weight excluding hydrogens is 272 g/mol. The highest BCUT2D eigenvalue weighted by Crippen LogP contribution is 2.05. The molecule has 110 valence electrons. The highest BCUT2D eigenvalue weighted by molar-refractivity contribution is 5.91. The summed E-state index contributed by atoms with van der Waals surface area (Å²) in [5.74, 6) is -1.32. The standard InChI is InChI=1S/C15H16N2O4/c1-21-13(8-15(19)20)10-17-14(18)7-6-11-2-4-12(9-16)5-3-11/h2-7,13H,8,10H2,1H3,(H,17,18)(H,19,20)/b7-6+. The summed E-state index contributed by atoms with van der Waals surface area (Å²) in [5.41, 5.74) is 1.34. The summed E-state index contributed by atoms with van der Waals surface area (Å²) >= 11 is 0. The van der Waals surface area contributed by atoms with E-state index in [1.165, 1.54) is 13.2 Å². The number of benzene rings is 1. The van der Waals surface area contributed by atoms with Gasteiger partial charge in [-0.2, -0.15) is 5.26 Å². The highest BCUT2D eigenvalue weighted by Gasteiger charge is 2.12. The number of hydrogen-bond acceptors (Lipinski definition) is 4. The molecule has 0 spiro atoms. The second kappa shape index (κ2) is 8.51. The minimum absolute atomic E-state index is 0.124. The van der Waals surface area contributed by atoms with Gasteiger partial charge in [-0.05, 0) is 23.8 Å². The van der Waals surface area contributed by atoms with Gasteiger partial charge in [0.1, 0.15) is 0 Å². The molecule has 0 radical (unpaired) electrons. The summed E-state index contributed by atoms with van der Waals surface area (Å²) in [5, 5.41) is 19.9. The molecule has 1 aromatic rings. The smallest absolute Gasteiger partial charge is 0.306 e. The lowest BCUT2D eigenvalue weighted by Gasteiger charge is -2.12. The monoisotopic (exact) mass is 288 g/mol. The zero-order valence-corrected chi connectivity index (χ0v) is 11.6. The average Bonchev–Trinajstić information content (AvgIpc) is 2.49. The molecule has 1 atom stereocenters. The van der Waals surface area contributed by atoms with Crippen molar-refractivity contribution >= 4 is 18.0 Å². The molecule has 0 aliphatic carbocycles. The van der Waals surface area contributed by atoms with Crippen LogP contribution in [0.2, 0.25) is 0 Å². The van der Waals surface area contributed by atoms with Crippen LogP contribution < -0.4 is 5.32 Å². The quantitative estimate of drug-likeness (QED) is 0.734. The number of nitriles is 1. The Kier molecular flexibility index (Phi) is 6.65. The Bertz CT molecular complexity index is 558. The normalized spacial score (nSPS) is 11.8. The molecule has 21 heavy (non-hydrogen) atoms. The number of hydrogen-bond donors (Lipinski definition) is 2. The maximum atomic E-state index is 11.6. The van der Waals surface area contributed by atoms with E-state index in [-0.39, 0.29) is 18.9 Å². The van der Waals surface area contributed by atoms with Crippen LogP contribution >= 0.6 is 0 Å². The van der Waals surface area contributed by atoms with Crippen molar-refractivity contribution < 1.29 is 19.4 Å². The van der Waals surface area contributed by atoms with E-state index in [9.17, 15) is 9.59 Å². The van der Waals surface area contributed by atoms with Gasteiger partial charge in [0, 0.05) is 19.7 Å². The third-order valence-electron chi connectivity index (χ3n) is 2.71. The molecule has 0 fully saturated rings. The number of nitrogens with zero attached hydrogens (tertiary/aromatic N) is 1. The fourth-order valence-corrected chi connectivity index (χ4v) is 1.55. The van der Waals surface area contributed by atoms with Crippen LogP contribution in [0.4, 0.5) is 0 Å². The molecule has 0 aromatic heterocycles. The number of amides is 1. The largest absolute Gasteiger partial charge is 0.481 e. The van der Waals surface area contributed by atoms with E-state index >= 15 is 0 Å². The Hall–Kier alpha value is -2.65. The lowest BCUT2D eigenvalue weighted by molar-refractivity contribution is -0.140. The lowest BCUT2D eigenvalue weighted by Crippen LogP contribution is -2.33. The topological polar surface area (TPSA) is 99.4 Å². The maximum absolute atomic E-state index is 11.6. The summed E-state index contributed by atoms with van der Waals surface area (Å²) in [6, 6.07) is 8.78. The summed E-state index contributed by atoms with van der Waals surface area (Å²) in [6.45, 7) is 0.124. The molecular formula is C15H16N2O4. The third kappa shape index (κ3) is 6.36. The van der Waals surface area contributed by atoms with Crippen molar-refractivity contribution in [2.24, 2.45) is 0 Å². The molecule has 0 saturated heterocycles. The van der Waals surface area contributed by atoms with Crippen LogP contribution in [-0.4, -0.2) is 36.7 Å². The molecule has 1 aromatic carbocycles. The zero-order valence-electron chi connectivity index (χ0n) is 11.6. The number of ether oxygens (including phenoxy) is 1. The maximum Gasteiger partial charge on any atom is 0.306 e. The third-order valence-corrected chi connectivity index (χ3v) is 2.71. The molecule has 0 aliphatic heterocycles. The number of methoxy groups -OCH3 is 1. The lowest BCUT2D eigenvalue weighted by atomic mass is 10.1. The average molecular weight is 288 g/mol. The first-order valence-corrected chi connectivity index (χ1v) is 6.26. The summed E-state index contributed by atoms with van der Waals surface area (Å²) in [6.07, 6.45) is 2.22. The van der Waals surface area contributed by atoms with Crippen LogP contribution in [0.1, 0.15) is 17.5 Å². The van der Waals surface area contributed by atoms with Crippen molar-refractivity contribution in [1.29, 1.82) is 5.26 Å². The Morgan fingerprint density at radius 3 is 2.62 bits per heavy atom. The Morgan fingerprint density at radius 1 is 1.43 bits per heavy atom. The number of rotatable bonds is 7. The molecule has 1 unspecified atom stereocenters. The van der Waals surface area contributed by atoms with Gasteiger partial charge in [-0.3, -0.25) is 9.59 Å². The molecule has 0 saturated carbocycles. The van der Waals surface area contributed by atoms with Crippen LogP contribution in [-0.2, 0) is 14.3 Å². The van der Waals surface area contributed by atoms with E-state index in [1.807, 2.05) is 6.07 Å². The molecule has 0 heterocycles. The van der Waals surface area contributed by atoms with Gasteiger partial charge in [-0.15, -0.1) is 0 Å². The predicted molar refractivity (Wildman–Crippen MR) is 76.3 cm³/mol. The number of carboxylic acid groups (broad SMARTS) is 1. The van der Waals surface area contributed by atoms with E-state index in [2.05, 4.69) is 5.32 Å². The molecule has 1 rings (SSSR count). The number of aliphatic carboxylic acids is 1. The van der Waals surface area contributed by atoms with Crippen LogP contribution in [0.25, 0.3) is 6.08 Å². The van der Waals surface area contributed by atoms with Crippen molar-refractivity contribution in [1.82, 2.24) is 5.32 Å². The highest BCUT2D eigenvalue weighted by atomic mass is 16.5. The fourth-order valence-electron chi connectivity index (χ4n) is 1.55. The van der Waals surface area contributed by atoms with E-state index < -0.39 is 12.1 Å². The van der Waals surface area contributed by atoms with Crippen molar-refractivity contribution in [2.45, 2.75) is 12.5 Å². The van der Waals surface area contributed by atoms with Gasteiger partial charge in [-0.1, -0.05) is 12.1 Å². The van der Waals surface area contributed by atoms with Gasteiger partial charge in [0.05, 0.1) is 24.2 Å². The Morgan fingerprint density at radius 2 is 2.10 bits per heavy atom. The fraction of sp³-hybridized carbons (Fsp3) is 0.267. The van der Waals surface area contributed by atoms with Crippen molar-refractivity contribution in [3.63, 3.8) is 0 Å². The minimum Gasteiger partial charge on any atom is -0.481 e. The number of carboxylic acids is 1. The molecule has 2 N–H and O–H groups in total. The van der Waals surface area contributed by atoms with Crippen LogP contribution in [0.3, 0.4) is 0 Å². The first-order valence-electron chi connectivity index (χ1n) is 6.26. The van der Waals surface area contributed by atoms with Crippen LogP contribution in [0.15, 0.2) is 30.3 Å². The van der Waals surface area contributed by atoms with Crippen molar-refractivity contribution in [3.05, 3.63) is 41.5 Å². The zero-order chi connectivity index (χ0) is 15.7. The predicted octanol–water partition coefficient (Wildman–Crippen LogP) is 1.18. The van der Waals surface area contributed by atoms with Crippen molar-refractivity contribution in [2.75, 3.05) is 13.7 Å². The minimum atomic E-state index is -0.982. The molecule has 1 amide bonds. The number of carbonyl (C=O) groups is 2. The summed E-state index contributed by atoms with van der Waals surface area (Å²) in [7, 11) is 1.40. The van der Waals surface area contributed by atoms with Gasteiger partial charge in [-0.25, -0.2) is 0 Å². The molecule has 0 bridgehead atoms. The van der Waals surface area contributed by atoms with Crippen LogP contribution in [0, 0.1) is 11.3 Å². The van der Waals surface area contributed by atoms with Gasteiger partial charge >= 0.3 is 5.97 Å². The van der Waals surface area contributed by atoms with Gasteiger partial charge in [0.25, 0.3) is 0 Å². The van der Waals surface area contributed by atoms with Crippen LogP contribution in [0.5, 0.6) is 0 Å². The van der Waals surface area contributed by atoms with E-state index in [4.69, 9.17) is 15.1 Å². The Labute approximate surface area is 122 Å². The molecule has 6 heteroatoms. The summed E-state index contributed by atoms with van der Waals surface area (Å²) < 4.78 is 4.95. The Balaban J connectivity index is 2.47.